The standard InChI is InChI=1S/C23H39N5O4/c1-7-17(2)26-21(29)8-9-25-23(24-3)28-12-10-27(11-13-28)16-18-14-19(30-4)22(32-6)20(15-18)31-5/h14-15,17H,7-13,16H2,1-6H3,(H,24,25)(H,26,29). The van der Waals surface area contributed by atoms with E-state index in [0.29, 0.717) is 30.2 Å². The van der Waals surface area contributed by atoms with Crippen LogP contribution in [-0.2, 0) is 11.3 Å². The summed E-state index contributed by atoms with van der Waals surface area (Å²) in [5.41, 5.74) is 1.11. The van der Waals surface area contributed by atoms with Crippen LogP contribution in [-0.4, -0.2) is 88.8 Å². The molecule has 9 heteroatoms. The van der Waals surface area contributed by atoms with E-state index >= 15 is 0 Å². The second-order valence-electron chi connectivity index (χ2n) is 7.90. The van der Waals surface area contributed by atoms with E-state index in [9.17, 15) is 4.79 Å². The Kier molecular flexibility index (Phi) is 10.4. The van der Waals surface area contributed by atoms with E-state index in [0.717, 1.165) is 50.7 Å². The number of ether oxygens (including phenoxy) is 3. The van der Waals surface area contributed by atoms with Gasteiger partial charge in [-0.05, 0) is 31.0 Å². The number of rotatable bonds is 10. The number of hydrogen-bond donors (Lipinski definition) is 2. The Balaban J connectivity index is 1.85. The number of methoxy groups -OCH3 is 3. The molecule has 1 saturated heterocycles. The van der Waals surface area contributed by atoms with Crippen molar-refractivity contribution in [1.29, 1.82) is 0 Å². The van der Waals surface area contributed by atoms with E-state index in [1.807, 2.05) is 19.1 Å². The molecular formula is C23H39N5O4. The van der Waals surface area contributed by atoms with E-state index in [2.05, 4.69) is 32.3 Å². The summed E-state index contributed by atoms with van der Waals surface area (Å²) in [6.07, 6.45) is 1.37. The van der Waals surface area contributed by atoms with Gasteiger partial charge in [0.05, 0.1) is 21.3 Å². The summed E-state index contributed by atoms with van der Waals surface area (Å²) < 4.78 is 16.4. The van der Waals surface area contributed by atoms with Crippen LogP contribution in [0.4, 0.5) is 0 Å². The lowest BCUT2D eigenvalue weighted by Gasteiger charge is -2.36. The van der Waals surface area contributed by atoms with Crippen LogP contribution >= 0.6 is 0 Å². The van der Waals surface area contributed by atoms with Gasteiger partial charge in [0.15, 0.2) is 17.5 Å². The van der Waals surface area contributed by atoms with E-state index in [-0.39, 0.29) is 11.9 Å². The first-order valence-corrected chi connectivity index (χ1v) is 11.2. The minimum atomic E-state index is 0.0671. The molecule has 0 spiro atoms. The average Bonchev–Trinajstić information content (AvgIpc) is 2.81. The Morgan fingerprint density at radius 2 is 1.72 bits per heavy atom. The normalized spacial score (nSPS) is 15.8. The third-order valence-electron chi connectivity index (χ3n) is 5.67. The summed E-state index contributed by atoms with van der Waals surface area (Å²) in [6.45, 7) is 8.99. The van der Waals surface area contributed by atoms with E-state index in [1.54, 1.807) is 28.4 Å². The second-order valence-corrected chi connectivity index (χ2v) is 7.90. The molecule has 1 aliphatic rings. The van der Waals surface area contributed by atoms with Crippen molar-refractivity contribution < 1.29 is 19.0 Å². The highest BCUT2D eigenvalue weighted by atomic mass is 16.5. The number of carbonyl (C=O) groups is 1. The number of piperazine rings is 1. The molecule has 9 nitrogen and oxygen atoms in total. The summed E-state index contributed by atoms with van der Waals surface area (Å²) in [6, 6.07) is 4.21. The first-order chi connectivity index (χ1) is 15.4. The fourth-order valence-electron chi connectivity index (χ4n) is 3.67. The fourth-order valence-corrected chi connectivity index (χ4v) is 3.67. The van der Waals surface area contributed by atoms with Gasteiger partial charge in [-0.3, -0.25) is 14.7 Å². The first kappa shape index (κ1) is 25.6. The lowest BCUT2D eigenvalue weighted by molar-refractivity contribution is -0.121. The predicted molar refractivity (Wildman–Crippen MR) is 127 cm³/mol. The molecule has 1 atom stereocenters. The molecule has 1 unspecified atom stereocenters. The number of benzene rings is 1. The van der Waals surface area contributed by atoms with Crippen LogP contribution in [0.1, 0.15) is 32.3 Å². The SMILES string of the molecule is CCC(C)NC(=O)CCNC(=NC)N1CCN(Cc2cc(OC)c(OC)c(OC)c2)CC1. The van der Waals surface area contributed by atoms with Crippen molar-refractivity contribution in [2.45, 2.75) is 39.3 Å². The molecule has 0 saturated carbocycles. The Morgan fingerprint density at radius 1 is 1.09 bits per heavy atom. The Morgan fingerprint density at radius 3 is 2.22 bits per heavy atom. The molecule has 0 aliphatic carbocycles. The van der Waals surface area contributed by atoms with Gasteiger partial charge in [-0.2, -0.15) is 0 Å². The highest BCUT2D eigenvalue weighted by molar-refractivity contribution is 5.81. The topological polar surface area (TPSA) is 87.7 Å². The number of nitrogens with zero attached hydrogens (tertiary/aromatic N) is 3. The Labute approximate surface area is 192 Å². The molecule has 0 aromatic heterocycles. The van der Waals surface area contributed by atoms with Crippen LogP contribution in [0.3, 0.4) is 0 Å². The minimum Gasteiger partial charge on any atom is -0.493 e. The maximum atomic E-state index is 12.0. The lowest BCUT2D eigenvalue weighted by Crippen LogP contribution is -2.52. The summed E-state index contributed by atoms with van der Waals surface area (Å²) in [7, 11) is 6.65. The van der Waals surface area contributed by atoms with Gasteiger partial charge in [-0.15, -0.1) is 0 Å². The molecule has 1 heterocycles. The van der Waals surface area contributed by atoms with Crippen LogP contribution in [0.5, 0.6) is 17.2 Å². The zero-order chi connectivity index (χ0) is 23.5. The molecule has 1 aromatic rings. The number of amides is 1. The van der Waals surface area contributed by atoms with Gasteiger partial charge in [-0.1, -0.05) is 6.92 Å². The van der Waals surface area contributed by atoms with Crippen LogP contribution in [0.15, 0.2) is 17.1 Å². The molecule has 1 aromatic carbocycles. The smallest absolute Gasteiger partial charge is 0.221 e. The van der Waals surface area contributed by atoms with Crippen LogP contribution < -0.4 is 24.8 Å². The lowest BCUT2D eigenvalue weighted by atomic mass is 10.1. The monoisotopic (exact) mass is 449 g/mol. The third kappa shape index (κ3) is 7.19. The van der Waals surface area contributed by atoms with Crippen molar-refractivity contribution >= 4 is 11.9 Å². The molecule has 32 heavy (non-hydrogen) atoms. The van der Waals surface area contributed by atoms with Gasteiger partial charge in [0.1, 0.15) is 0 Å². The molecule has 180 valence electrons. The number of aliphatic imine (C=N–C) groups is 1. The maximum Gasteiger partial charge on any atom is 0.221 e. The second kappa shape index (κ2) is 13.0. The Hall–Kier alpha value is -2.68. The minimum absolute atomic E-state index is 0.0671. The van der Waals surface area contributed by atoms with Crippen molar-refractivity contribution in [1.82, 2.24) is 20.4 Å². The van der Waals surface area contributed by atoms with Gasteiger partial charge in [0.25, 0.3) is 0 Å². The predicted octanol–water partition coefficient (Wildman–Crippen LogP) is 1.71. The molecular weight excluding hydrogens is 410 g/mol. The molecule has 1 amide bonds. The van der Waals surface area contributed by atoms with Crippen LogP contribution in [0, 0.1) is 0 Å². The fraction of sp³-hybridized carbons (Fsp3) is 0.652. The zero-order valence-corrected chi connectivity index (χ0v) is 20.4. The highest BCUT2D eigenvalue weighted by Gasteiger charge is 2.21. The quantitative estimate of drug-likeness (QED) is 0.415. The van der Waals surface area contributed by atoms with Crippen LogP contribution in [0.25, 0.3) is 0 Å². The molecule has 0 radical (unpaired) electrons. The number of nitrogens with one attached hydrogen (secondary N) is 2. The number of carbonyl (C=O) groups excluding carboxylic acids is 1. The maximum absolute atomic E-state index is 12.0. The average molecular weight is 450 g/mol. The van der Waals surface area contributed by atoms with Crippen molar-refractivity contribution in [2.75, 3.05) is 61.1 Å². The van der Waals surface area contributed by atoms with Crippen molar-refractivity contribution in [3.63, 3.8) is 0 Å². The van der Waals surface area contributed by atoms with E-state index < -0.39 is 0 Å². The van der Waals surface area contributed by atoms with Gasteiger partial charge in [0.2, 0.25) is 11.7 Å². The van der Waals surface area contributed by atoms with E-state index in [1.165, 1.54) is 0 Å². The van der Waals surface area contributed by atoms with Gasteiger partial charge >= 0.3 is 0 Å². The van der Waals surface area contributed by atoms with E-state index in [4.69, 9.17) is 14.2 Å². The number of guanidine groups is 1. The van der Waals surface area contributed by atoms with Gasteiger partial charge in [-0.25, -0.2) is 0 Å². The molecule has 1 aliphatic heterocycles. The Bertz CT molecular complexity index is 738. The third-order valence-corrected chi connectivity index (χ3v) is 5.67. The van der Waals surface area contributed by atoms with Gasteiger partial charge in [0, 0.05) is 58.8 Å². The zero-order valence-electron chi connectivity index (χ0n) is 20.4. The summed E-state index contributed by atoms with van der Waals surface area (Å²) in [5.74, 6) is 2.85. The van der Waals surface area contributed by atoms with Crippen molar-refractivity contribution in [3.05, 3.63) is 17.7 Å². The molecule has 0 bridgehead atoms. The first-order valence-electron chi connectivity index (χ1n) is 11.2. The van der Waals surface area contributed by atoms with Crippen molar-refractivity contribution in [2.24, 2.45) is 4.99 Å². The van der Waals surface area contributed by atoms with Crippen molar-refractivity contribution in [3.8, 4) is 17.2 Å². The summed E-state index contributed by atoms with van der Waals surface area (Å²) in [4.78, 5) is 21.0. The summed E-state index contributed by atoms with van der Waals surface area (Å²) >= 11 is 0. The summed E-state index contributed by atoms with van der Waals surface area (Å²) in [5, 5.41) is 6.31. The van der Waals surface area contributed by atoms with Crippen LogP contribution in [0.2, 0.25) is 0 Å². The van der Waals surface area contributed by atoms with Gasteiger partial charge < -0.3 is 29.7 Å². The number of hydrogen-bond acceptors (Lipinski definition) is 6. The molecule has 2 rings (SSSR count). The molecule has 2 N–H and O–H groups in total. The highest BCUT2D eigenvalue weighted by Crippen LogP contribution is 2.38. The molecule has 1 fully saturated rings. The largest absolute Gasteiger partial charge is 0.493 e.